The number of nitro benzene ring substituents is 1. The minimum atomic E-state index is -4.08. The number of nitriles is 1. The van der Waals surface area contributed by atoms with Gasteiger partial charge in [-0.1, -0.05) is 18.2 Å². The van der Waals surface area contributed by atoms with Crippen LogP contribution in [0.25, 0.3) is 0 Å². The van der Waals surface area contributed by atoms with Crippen molar-refractivity contribution < 1.29 is 18.1 Å². The number of benzene rings is 2. The van der Waals surface area contributed by atoms with E-state index in [0.29, 0.717) is 18.7 Å². The van der Waals surface area contributed by atoms with Crippen molar-refractivity contribution in [2.45, 2.75) is 17.9 Å². The van der Waals surface area contributed by atoms with Gasteiger partial charge in [0, 0.05) is 32.1 Å². The van der Waals surface area contributed by atoms with Crippen molar-refractivity contribution in [3.05, 3.63) is 76.4 Å². The van der Waals surface area contributed by atoms with Crippen LogP contribution < -0.4 is 10.5 Å². The Morgan fingerprint density at radius 2 is 1.97 bits per heavy atom. The first kappa shape index (κ1) is 23.5. The summed E-state index contributed by atoms with van der Waals surface area (Å²) in [6.45, 7) is 4.37. The SMILES string of the molecule is C=CCN(Cc1ccc(C#N)cc1)C(=O)CCNc1ccc(S(N)(=O)=O)cc1[N+](=O)[O-]. The third-order valence-electron chi connectivity index (χ3n) is 4.31. The van der Waals surface area contributed by atoms with Gasteiger partial charge in [0.25, 0.3) is 5.69 Å². The van der Waals surface area contributed by atoms with Crippen LogP contribution >= 0.6 is 0 Å². The largest absolute Gasteiger partial charge is 0.379 e. The second-order valence-corrected chi connectivity index (χ2v) is 8.09. The minimum absolute atomic E-state index is 0.0399. The topological polar surface area (TPSA) is 159 Å². The number of amides is 1. The molecule has 3 N–H and O–H groups in total. The number of carbonyl (C=O) groups excluding carboxylic acids is 1. The van der Waals surface area contributed by atoms with Crippen LogP contribution in [0.4, 0.5) is 11.4 Å². The molecule has 10 nitrogen and oxygen atoms in total. The fourth-order valence-corrected chi connectivity index (χ4v) is 3.30. The van der Waals surface area contributed by atoms with Crippen LogP contribution in [-0.2, 0) is 21.4 Å². The summed E-state index contributed by atoms with van der Waals surface area (Å²) in [7, 11) is -4.08. The van der Waals surface area contributed by atoms with Gasteiger partial charge in [0.15, 0.2) is 0 Å². The molecule has 162 valence electrons. The number of hydrogen-bond acceptors (Lipinski definition) is 7. The smallest absolute Gasteiger partial charge is 0.293 e. The fourth-order valence-electron chi connectivity index (χ4n) is 2.77. The number of nitrogens with one attached hydrogen (secondary N) is 1. The van der Waals surface area contributed by atoms with Crippen molar-refractivity contribution in [3.8, 4) is 6.07 Å². The summed E-state index contributed by atoms with van der Waals surface area (Å²) in [4.78, 5) is 24.3. The Bertz CT molecular complexity index is 1120. The summed E-state index contributed by atoms with van der Waals surface area (Å²) in [6, 6.07) is 12.1. The molecule has 0 aliphatic rings. The molecule has 1 amide bonds. The Kier molecular flexibility index (Phi) is 7.84. The Balaban J connectivity index is 2.05. The second kappa shape index (κ2) is 10.3. The Labute approximate surface area is 179 Å². The minimum Gasteiger partial charge on any atom is -0.379 e. The van der Waals surface area contributed by atoms with Crippen LogP contribution in [0.1, 0.15) is 17.5 Å². The van der Waals surface area contributed by atoms with Crippen LogP contribution in [0.5, 0.6) is 0 Å². The molecule has 0 spiro atoms. The monoisotopic (exact) mass is 443 g/mol. The molecule has 0 bridgehead atoms. The Hall–Kier alpha value is -3.75. The zero-order valence-corrected chi connectivity index (χ0v) is 17.3. The molecule has 0 aliphatic heterocycles. The van der Waals surface area contributed by atoms with Crippen LogP contribution in [0.3, 0.4) is 0 Å². The van der Waals surface area contributed by atoms with Crippen molar-refractivity contribution in [2.24, 2.45) is 5.14 Å². The lowest BCUT2D eigenvalue weighted by Gasteiger charge is -2.21. The molecule has 2 aromatic rings. The van der Waals surface area contributed by atoms with Crippen LogP contribution in [-0.4, -0.2) is 37.2 Å². The number of nitrogens with two attached hydrogens (primary N) is 1. The molecule has 0 fully saturated rings. The van der Waals surface area contributed by atoms with Crippen LogP contribution in [0.15, 0.2) is 60.0 Å². The molecular weight excluding hydrogens is 422 g/mol. The molecule has 0 saturated carbocycles. The molecule has 2 rings (SSSR count). The lowest BCUT2D eigenvalue weighted by molar-refractivity contribution is -0.384. The first-order valence-corrected chi connectivity index (χ1v) is 10.6. The summed E-state index contributed by atoms with van der Waals surface area (Å²) in [5.74, 6) is -0.208. The Morgan fingerprint density at radius 3 is 2.52 bits per heavy atom. The number of rotatable bonds is 10. The molecule has 0 unspecified atom stereocenters. The zero-order chi connectivity index (χ0) is 23.0. The lowest BCUT2D eigenvalue weighted by atomic mass is 10.1. The highest BCUT2D eigenvalue weighted by molar-refractivity contribution is 7.89. The highest BCUT2D eigenvalue weighted by atomic mass is 32.2. The fraction of sp³-hybridized carbons (Fsp3) is 0.200. The molecular formula is C20H21N5O5S. The third kappa shape index (κ3) is 6.63. The standard InChI is InChI=1S/C20H21N5O5S/c1-2-11-24(14-16-5-3-15(13-21)4-6-16)20(26)9-10-23-18-8-7-17(31(22,29)30)12-19(18)25(27)28/h2-8,12,23H,1,9-11,14H2,(H2,22,29,30). The number of sulfonamides is 1. The average Bonchev–Trinajstić information content (AvgIpc) is 2.73. The van der Waals surface area contributed by atoms with Gasteiger partial charge >= 0.3 is 0 Å². The Morgan fingerprint density at radius 1 is 1.29 bits per heavy atom. The van der Waals surface area contributed by atoms with Gasteiger partial charge in [0.2, 0.25) is 15.9 Å². The maximum absolute atomic E-state index is 12.6. The molecule has 31 heavy (non-hydrogen) atoms. The van der Waals surface area contributed by atoms with E-state index in [0.717, 1.165) is 17.7 Å². The van der Waals surface area contributed by atoms with Gasteiger partial charge in [-0.2, -0.15) is 5.26 Å². The van der Waals surface area contributed by atoms with E-state index in [2.05, 4.69) is 11.9 Å². The van der Waals surface area contributed by atoms with Crippen LogP contribution in [0, 0.1) is 21.4 Å². The van der Waals surface area contributed by atoms with Crippen molar-refractivity contribution >= 4 is 27.3 Å². The van der Waals surface area contributed by atoms with E-state index in [1.807, 2.05) is 6.07 Å². The predicted molar refractivity (Wildman–Crippen MR) is 114 cm³/mol. The van der Waals surface area contributed by atoms with Crippen LogP contribution in [0.2, 0.25) is 0 Å². The summed E-state index contributed by atoms with van der Waals surface area (Å²) >= 11 is 0. The quantitative estimate of drug-likeness (QED) is 0.323. The van der Waals surface area contributed by atoms with Crippen molar-refractivity contribution in [1.29, 1.82) is 5.26 Å². The van der Waals surface area contributed by atoms with Gasteiger partial charge in [-0.3, -0.25) is 14.9 Å². The molecule has 0 radical (unpaired) electrons. The molecule has 0 aliphatic carbocycles. The number of nitro groups is 1. The van der Waals surface area contributed by atoms with Crippen molar-refractivity contribution in [2.75, 3.05) is 18.4 Å². The number of anilines is 1. The normalized spacial score (nSPS) is 10.7. The molecule has 0 atom stereocenters. The van der Waals surface area contributed by atoms with Gasteiger partial charge in [-0.25, -0.2) is 13.6 Å². The number of nitrogens with zero attached hydrogens (tertiary/aromatic N) is 3. The van der Waals surface area contributed by atoms with Gasteiger partial charge in [-0.15, -0.1) is 6.58 Å². The molecule has 0 saturated heterocycles. The average molecular weight is 443 g/mol. The van der Waals surface area contributed by atoms with E-state index >= 15 is 0 Å². The molecule has 0 aromatic heterocycles. The summed E-state index contributed by atoms with van der Waals surface area (Å²) in [5.41, 5.74) is 0.980. The first-order valence-electron chi connectivity index (χ1n) is 9.08. The predicted octanol–water partition coefficient (Wildman–Crippen LogP) is 2.13. The lowest BCUT2D eigenvalue weighted by Crippen LogP contribution is -2.32. The zero-order valence-electron chi connectivity index (χ0n) is 16.5. The summed E-state index contributed by atoms with van der Waals surface area (Å²) in [5, 5.41) is 27.9. The summed E-state index contributed by atoms with van der Waals surface area (Å²) in [6.07, 6.45) is 1.63. The maximum atomic E-state index is 12.6. The molecule has 11 heteroatoms. The van der Waals surface area contributed by atoms with E-state index < -0.39 is 20.6 Å². The number of primary sulfonamides is 1. The van der Waals surface area contributed by atoms with Gasteiger partial charge in [0.05, 0.1) is 21.5 Å². The van der Waals surface area contributed by atoms with Gasteiger partial charge in [-0.05, 0) is 29.8 Å². The van der Waals surface area contributed by atoms with Crippen molar-refractivity contribution in [3.63, 3.8) is 0 Å². The van der Waals surface area contributed by atoms with E-state index in [4.69, 9.17) is 10.4 Å². The van der Waals surface area contributed by atoms with Crippen molar-refractivity contribution in [1.82, 2.24) is 4.90 Å². The van der Waals surface area contributed by atoms with Gasteiger partial charge < -0.3 is 10.2 Å². The van der Waals surface area contributed by atoms with E-state index in [1.165, 1.54) is 6.07 Å². The summed E-state index contributed by atoms with van der Waals surface area (Å²) < 4.78 is 22.8. The maximum Gasteiger partial charge on any atom is 0.293 e. The van der Waals surface area contributed by atoms with Gasteiger partial charge in [0.1, 0.15) is 5.69 Å². The molecule has 0 heterocycles. The first-order chi connectivity index (χ1) is 14.7. The van der Waals surface area contributed by atoms with E-state index in [9.17, 15) is 23.3 Å². The number of hydrogen-bond donors (Lipinski definition) is 2. The third-order valence-corrected chi connectivity index (χ3v) is 5.22. The highest BCUT2D eigenvalue weighted by Crippen LogP contribution is 2.27. The molecule has 2 aromatic carbocycles. The van der Waals surface area contributed by atoms with E-state index in [1.54, 1.807) is 35.2 Å². The van der Waals surface area contributed by atoms with E-state index in [-0.39, 0.29) is 29.5 Å². The highest BCUT2D eigenvalue weighted by Gasteiger charge is 2.19. The number of carbonyl (C=O) groups is 1. The second-order valence-electron chi connectivity index (χ2n) is 6.53.